The molecule has 4 aromatic rings. The van der Waals surface area contributed by atoms with Crippen molar-refractivity contribution in [3.8, 4) is 5.75 Å². The lowest BCUT2D eigenvalue weighted by Crippen LogP contribution is -2.47. The van der Waals surface area contributed by atoms with Crippen molar-refractivity contribution in [3.05, 3.63) is 69.6 Å². The van der Waals surface area contributed by atoms with Crippen molar-refractivity contribution < 1.29 is 19.1 Å². The van der Waals surface area contributed by atoms with Gasteiger partial charge >= 0.3 is 11.5 Å². The first-order valence-corrected chi connectivity index (χ1v) is 14.5. The van der Waals surface area contributed by atoms with Crippen molar-refractivity contribution in [2.45, 2.75) is 39.5 Å². The minimum atomic E-state index is -0.746. The van der Waals surface area contributed by atoms with Crippen LogP contribution >= 0.6 is 11.3 Å². The van der Waals surface area contributed by atoms with Crippen LogP contribution in [-0.4, -0.2) is 53.4 Å². The third-order valence-electron chi connectivity index (χ3n) is 7.53. The number of hydrogen-bond donors (Lipinski definition) is 1. The second-order valence-electron chi connectivity index (χ2n) is 10.3. The van der Waals surface area contributed by atoms with Gasteiger partial charge in [-0.3, -0.25) is 9.69 Å². The molecule has 0 amide bonds. The van der Waals surface area contributed by atoms with Gasteiger partial charge in [0.05, 0.1) is 11.4 Å². The fourth-order valence-electron chi connectivity index (χ4n) is 5.14. The molecule has 0 spiro atoms. The quantitative estimate of drug-likeness (QED) is 0.308. The molecule has 1 saturated heterocycles. The predicted molar refractivity (Wildman–Crippen MR) is 154 cm³/mol. The van der Waals surface area contributed by atoms with E-state index >= 15 is 0 Å². The average Bonchev–Trinajstić information content (AvgIpc) is 3.41. The van der Waals surface area contributed by atoms with Gasteiger partial charge in [0, 0.05) is 53.9 Å². The molecule has 9 heteroatoms. The highest BCUT2D eigenvalue weighted by Gasteiger charge is 2.21. The largest absolute Gasteiger partial charge is 0.503 e. The Labute approximate surface area is 231 Å². The number of piperazine rings is 1. The minimum Gasteiger partial charge on any atom is -0.503 e. The molecule has 206 valence electrons. The third-order valence-corrected chi connectivity index (χ3v) is 8.39. The molecule has 2 aromatic heterocycles. The summed E-state index contributed by atoms with van der Waals surface area (Å²) in [5.74, 6) is -1.50. The van der Waals surface area contributed by atoms with Crippen LogP contribution in [0.3, 0.4) is 0 Å². The highest BCUT2D eigenvalue weighted by Crippen LogP contribution is 2.32. The maximum Gasteiger partial charge on any atom is 0.335 e. The lowest BCUT2D eigenvalue weighted by atomic mass is 10.1. The lowest BCUT2D eigenvalue weighted by Gasteiger charge is -2.36. The van der Waals surface area contributed by atoms with Crippen LogP contribution in [-0.2, 0) is 11.2 Å². The third kappa shape index (κ3) is 5.94. The van der Waals surface area contributed by atoms with E-state index in [9.17, 15) is 19.1 Å². The van der Waals surface area contributed by atoms with Crippen molar-refractivity contribution in [1.29, 1.82) is 0 Å². The van der Waals surface area contributed by atoms with E-state index in [0.29, 0.717) is 17.3 Å². The van der Waals surface area contributed by atoms with Gasteiger partial charge in [0.2, 0.25) is 0 Å². The maximum atomic E-state index is 14.2. The molecule has 1 fully saturated rings. The molecule has 3 heterocycles. The fraction of sp³-hybridized carbons (Fsp3) is 0.400. The molecule has 0 aliphatic carbocycles. The minimum absolute atomic E-state index is 0.202. The van der Waals surface area contributed by atoms with E-state index < -0.39 is 17.3 Å². The zero-order chi connectivity index (χ0) is 27.5. The Morgan fingerprint density at radius 2 is 1.92 bits per heavy atom. The van der Waals surface area contributed by atoms with E-state index in [1.165, 1.54) is 6.07 Å². The van der Waals surface area contributed by atoms with Gasteiger partial charge < -0.3 is 14.8 Å². The first kappa shape index (κ1) is 27.1. The van der Waals surface area contributed by atoms with Gasteiger partial charge in [-0.05, 0) is 54.1 Å². The summed E-state index contributed by atoms with van der Waals surface area (Å²) in [7, 11) is 0. The zero-order valence-corrected chi connectivity index (χ0v) is 23.2. The van der Waals surface area contributed by atoms with Crippen molar-refractivity contribution in [1.82, 2.24) is 9.63 Å². The molecule has 1 unspecified atom stereocenters. The molecule has 0 bridgehead atoms. The van der Waals surface area contributed by atoms with Gasteiger partial charge in [-0.25, -0.2) is 9.18 Å². The van der Waals surface area contributed by atoms with Gasteiger partial charge in [0.25, 0.3) is 0 Å². The molecule has 0 radical (unpaired) electrons. The Kier molecular flexibility index (Phi) is 8.18. The number of pyridine rings is 1. The van der Waals surface area contributed by atoms with Gasteiger partial charge in [-0.2, -0.15) is 0 Å². The number of nitrogens with zero attached hydrogens (tertiary/aromatic N) is 3. The normalized spacial score (nSPS) is 15.2. The number of hydrogen-bond acceptors (Lipinski definition) is 7. The van der Waals surface area contributed by atoms with Gasteiger partial charge in [-0.1, -0.05) is 38.8 Å². The van der Waals surface area contributed by atoms with Gasteiger partial charge in [0.1, 0.15) is 5.82 Å². The molecule has 1 atom stereocenters. The van der Waals surface area contributed by atoms with Crippen LogP contribution in [0.15, 0.2) is 52.6 Å². The predicted octanol–water partition coefficient (Wildman–Crippen LogP) is 5.21. The monoisotopic (exact) mass is 551 g/mol. The van der Waals surface area contributed by atoms with Gasteiger partial charge in [-0.15, -0.1) is 16.1 Å². The molecule has 39 heavy (non-hydrogen) atoms. The maximum absolute atomic E-state index is 14.2. The Hall–Kier alpha value is -3.43. The summed E-state index contributed by atoms with van der Waals surface area (Å²) in [6.45, 7) is 8.03. The van der Waals surface area contributed by atoms with E-state index in [-0.39, 0.29) is 11.7 Å². The van der Waals surface area contributed by atoms with E-state index in [2.05, 4.69) is 22.8 Å². The molecule has 5 rings (SSSR count). The SMILES string of the molecule is CCCCC(C)C(=O)On1c(=O)c(O)cc2ccc(CCN3CCN(c4cc(F)cc5sccc45)CC3)cc21. The topological polar surface area (TPSA) is 75.0 Å². The van der Waals surface area contributed by atoms with Crippen LogP contribution in [0.25, 0.3) is 21.0 Å². The summed E-state index contributed by atoms with van der Waals surface area (Å²) in [5.41, 5.74) is 1.68. The van der Waals surface area contributed by atoms with Crippen LogP contribution in [0.1, 0.15) is 38.7 Å². The molecular weight excluding hydrogens is 517 g/mol. The molecule has 7 nitrogen and oxygen atoms in total. The number of aromatic nitrogens is 1. The van der Waals surface area contributed by atoms with Gasteiger partial charge in [0.15, 0.2) is 5.75 Å². The number of carbonyl (C=O) groups excluding carboxylic acids is 1. The second-order valence-corrected chi connectivity index (χ2v) is 11.3. The summed E-state index contributed by atoms with van der Waals surface area (Å²) >= 11 is 1.56. The fourth-order valence-corrected chi connectivity index (χ4v) is 5.98. The van der Waals surface area contributed by atoms with Crippen LogP contribution in [0.5, 0.6) is 5.75 Å². The summed E-state index contributed by atoms with van der Waals surface area (Å²) in [6.07, 6.45) is 3.29. The number of halogens is 1. The second kappa shape index (κ2) is 11.8. The average molecular weight is 552 g/mol. The molecule has 0 saturated carbocycles. The van der Waals surface area contributed by atoms with Crippen molar-refractivity contribution in [2.75, 3.05) is 37.6 Å². The van der Waals surface area contributed by atoms with Crippen LogP contribution in [0.4, 0.5) is 10.1 Å². The molecule has 1 aliphatic heterocycles. The number of rotatable bonds is 9. The summed E-state index contributed by atoms with van der Waals surface area (Å²) in [5, 5.41) is 13.9. The highest BCUT2D eigenvalue weighted by atomic mass is 32.1. The number of anilines is 1. The van der Waals surface area contributed by atoms with E-state index in [0.717, 1.165) is 78.1 Å². The van der Waals surface area contributed by atoms with Crippen LogP contribution in [0.2, 0.25) is 0 Å². The van der Waals surface area contributed by atoms with E-state index in [4.69, 9.17) is 4.84 Å². The number of benzene rings is 2. The van der Waals surface area contributed by atoms with Crippen LogP contribution in [0, 0.1) is 11.7 Å². The molecule has 2 aromatic carbocycles. The Balaban J connectivity index is 1.26. The Bertz CT molecular complexity index is 1540. The first-order valence-electron chi connectivity index (χ1n) is 13.6. The molecule has 1 N–H and O–H groups in total. The van der Waals surface area contributed by atoms with E-state index in [1.807, 2.05) is 23.6 Å². The Morgan fingerprint density at radius 3 is 2.69 bits per heavy atom. The summed E-state index contributed by atoms with van der Waals surface area (Å²) in [6, 6.07) is 12.4. The number of thiophene rings is 1. The summed E-state index contributed by atoms with van der Waals surface area (Å²) < 4.78 is 16.1. The zero-order valence-electron chi connectivity index (χ0n) is 22.4. The number of unbranched alkanes of at least 4 members (excludes halogenated alkanes) is 1. The summed E-state index contributed by atoms with van der Waals surface area (Å²) in [4.78, 5) is 35.5. The lowest BCUT2D eigenvalue weighted by molar-refractivity contribution is -0.148. The first-order chi connectivity index (χ1) is 18.8. The van der Waals surface area contributed by atoms with Crippen LogP contribution < -0.4 is 15.3 Å². The molecular formula is C30H34FN3O4S. The standard InChI is InChI=1S/C30H34FN3O4S/c1-3-4-5-20(2)30(37)38-34-25-16-21(6-7-22(25)17-27(35)29(34)36)8-10-32-11-13-33(14-12-32)26-18-23(31)19-28-24(26)9-15-39-28/h6-7,9,15-20,35H,3-5,8,10-14H2,1-2H3. The smallest absolute Gasteiger partial charge is 0.335 e. The van der Waals surface area contributed by atoms with Crippen molar-refractivity contribution >= 4 is 44.0 Å². The van der Waals surface area contributed by atoms with Crippen molar-refractivity contribution in [2.24, 2.45) is 5.92 Å². The molecule has 1 aliphatic rings. The Morgan fingerprint density at radius 1 is 1.13 bits per heavy atom. The highest BCUT2D eigenvalue weighted by molar-refractivity contribution is 7.17. The number of aromatic hydroxyl groups is 1. The van der Waals surface area contributed by atoms with Crippen molar-refractivity contribution in [3.63, 3.8) is 0 Å². The van der Waals surface area contributed by atoms with E-state index in [1.54, 1.807) is 30.4 Å². The number of carbonyl (C=O) groups is 1. The number of fused-ring (bicyclic) bond motifs is 2.